The number of anilines is 1. The molecule has 1 aliphatic carbocycles. The number of likely N-dealkylation sites (tertiary alicyclic amines) is 1. The Hall–Kier alpha value is -1.63. The molecule has 1 aromatic carbocycles. The van der Waals surface area contributed by atoms with Gasteiger partial charge in [0.2, 0.25) is 0 Å². The van der Waals surface area contributed by atoms with Crippen molar-refractivity contribution in [1.82, 2.24) is 9.80 Å². The molecule has 166 valence electrons. The zero-order valence-electron chi connectivity index (χ0n) is 18.0. The minimum atomic E-state index is -0.435. The van der Waals surface area contributed by atoms with Gasteiger partial charge in [0.1, 0.15) is 0 Å². The summed E-state index contributed by atoms with van der Waals surface area (Å²) >= 11 is 12.2. The molecule has 0 saturated carbocycles. The van der Waals surface area contributed by atoms with E-state index in [0.717, 1.165) is 35.7 Å². The van der Waals surface area contributed by atoms with Crippen LogP contribution in [0.25, 0.3) is 0 Å². The summed E-state index contributed by atoms with van der Waals surface area (Å²) in [7, 11) is 1.35. The fourth-order valence-corrected chi connectivity index (χ4v) is 6.85. The van der Waals surface area contributed by atoms with Gasteiger partial charge in [-0.1, -0.05) is 29.7 Å². The first-order chi connectivity index (χ1) is 15.0. The van der Waals surface area contributed by atoms with Crippen molar-refractivity contribution in [3.63, 3.8) is 0 Å². The molecule has 3 saturated heterocycles. The van der Waals surface area contributed by atoms with Crippen LogP contribution in [0.5, 0.6) is 0 Å². The number of carbonyl (C=O) groups excluding carboxylic acids is 1. The zero-order chi connectivity index (χ0) is 21.5. The Morgan fingerprint density at radius 3 is 2.94 bits per heavy atom. The number of ether oxygens (including phenoxy) is 1. The normalized spacial score (nSPS) is 30.0. The third-order valence-corrected chi connectivity index (χ3v) is 8.19. The lowest BCUT2D eigenvalue weighted by atomic mass is 9.68. The Bertz CT molecular complexity index is 920. The molecule has 3 fully saturated rings. The number of nitrogens with one attached hydrogen (secondary N) is 1. The van der Waals surface area contributed by atoms with E-state index in [1.807, 2.05) is 6.07 Å². The number of carbonyl (C=O) groups is 1. The van der Waals surface area contributed by atoms with Crippen molar-refractivity contribution < 1.29 is 9.53 Å². The van der Waals surface area contributed by atoms with E-state index in [-0.39, 0.29) is 0 Å². The topological polar surface area (TPSA) is 44.8 Å². The first-order valence-corrected chi connectivity index (χ1v) is 12.2. The second kappa shape index (κ2) is 8.72. The number of nitrogens with zero attached hydrogens (tertiary/aromatic N) is 2. The molecule has 2 bridgehead atoms. The molecule has 7 heteroatoms. The third kappa shape index (κ3) is 3.98. The Morgan fingerprint density at radius 1 is 1.26 bits per heavy atom. The second-order valence-electron chi connectivity index (χ2n) is 9.32. The van der Waals surface area contributed by atoms with Crippen molar-refractivity contribution in [2.24, 2.45) is 11.8 Å². The molecule has 4 aliphatic rings. The molecular weight excluding hydrogens is 430 g/mol. The van der Waals surface area contributed by atoms with Gasteiger partial charge in [-0.3, -0.25) is 4.90 Å². The number of esters is 1. The molecule has 3 aliphatic heterocycles. The van der Waals surface area contributed by atoms with Gasteiger partial charge in [0, 0.05) is 24.8 Å². The van der Waals surface area contributed by atoms with Crippen molar-refractivity contribution in [2.45, 2.75) is 50.6 Å². The van der Waals surface area contributed by atoms with Crippen LogP contribution in [0, 0.1) is 11.8 Å². The van der Waals surface area contributed by atoms with E-state index in [1.165, 1.54) is 52.3 Å². The summed E-state index contributed by atoms with van der Waals surface area (Å²) in [5, 5.41) is 4.49. The molecule has 0 aromatic heterocycles. The number of piperidine rings is 3. The van der Waals surface area contributed by atoms with Gasteiger partial charge in [0.15, 0.2) is 5.11 Å². The minimum Gasteiger partial charge on any atom is -0.465 e. The number of rotatable bonds is 2. The van der Waals surface area contributed by atoms with Crippen LogP contribution in [-0.4, -0.2) is 59.7 Å². The number of hydrogen-bond acceptors (Lipinski definition) is 4. The van der Waals surface area contributed by atoms with E-state index in [4.69, 9.17) is 28.6 Å². The standard InChI is InChI=1S/C24H30ClN3O2S/c1-30-23(29)19-8-7-18(13-20(19)25)26-24(31)28-10-4-5-15-11-16-12-17(22(15)28)14-27-9-3-2-6-21(16)27/h7-8,11,13,16-17,21-22H,2-6,9-10,12,14H2,1H3,(H,26,31)/t16-,17-,21-,22-/m1/s1. The Kier molecular flexibility index (Phi) is 5.97. The summed E-state index contributed by atoms with van der Waals surface area (Å²) in [5.41, 5.74) is 2.76. The molecule has 1 aromatic rings. The van der Waals surface area contributed by atoms with Crippen LogP contribution in [-0.2, 0) is 4.74 Å². The van der Waals surface area contributed by atoms with Crippen molar-refractivity contribution in [3.8, 4) is 0 Å². The van der Waals surface area contributed by atoms with E-state index >= 15 is 0 Å². The number of hydrogen-bond donors (Lipinski definition) is 1. The smallest absolute Gasteiger partial charge is 0.339 e. The Morgan fingerprint density at radius 2 is 2.13 bits per heavy atom. The molecule has 1 N–H and O–H groups in total. The Balaban J connectivity index is 1.35. The first-order valence-electron chi connectivity index (χ1n) is 11.5. The molecule has 0 amide bonds. The summed E-state index contributed by atoms with van der Waals surface area (Å²) < 4.78 is 4.78. The highest BCUT2D eigenvalue weighted by Gasteiger charge is 2.46. The third-order valence-electron chi connectivity index (χ3n) is 7.54. The van der Waals surface area contributed by atoms with E-state index in [9.17, 15) is 4.79 Å². The highest BCUT2D eigenvalue weighted by Crippen LogP contribution is 2.45. The van der Waals surface area contributed by atoms with Gasteiger partial charge in [0.05, 0.1) is 23.7 Å². The molecule has 0 unspecified atom stereocenters. The summed E-state index contributed by atoms with van der Waals surface area (Å²) in [6, 6.07) is 6.42. The molecule has 31 heavy (non-hydrogen) atoms. The van der Waals surface area contributed by atoms with Gasteiger partial charge in [-0.25, -0.2) is 4.79 Å². The van der Waals surface area contributed by atoms with Crippen molar-refractivity contribution in [2.75, 3.05) is 32.1 Å². The van der Waals surface area contributed by atoms with Crippen LogP contribution in [0.15, 0.2) is 29.8 Å². The largest absolute Gasteiger partial charge is 0.465 e. The van der Waals surface area contributed by atoms with Crippen LogP contribution in [0.1, 0.15) is 48.9 Å². The zero-order valence-corrected chi connectivity index (χ0v) is 19.6. The Labute approximate surface area is 194 Å². The number of thiocarbonyl (C=S) groups is 1. The van der Waals surface area contributed by atoms with Gasteiger partial charge >= 0.3 is 5.97 Å². The summed E-state index contributed by atoms with van der Waals surface area (Å²) in [6.45, 7) is 3.43. The fourth-order valence-electron chi connectivity index (χ4n) is 6.26. The van der Waals surface area contributed by atoms with E-state index < -0.39 is 5.97 Å². The number of benzene rings is 1. The highest BCUT2D eigenvalue weighted by atomic mass is 35.5. The van der Waals surface area contributed by atoms with Gasteiger partial charge < -0.3 is 15.0 Å². The van der Waals surface area contributed by atoms with Crippen LogP contribution >= 0.6 is 23.8 Å². The molecule has 5 nitrogen and oxygen atoms in total. The predicted octanol–water partition coefficient (Wildman–Crippen LogP) is 4.72. The summed E-state index contributed by atoms with van der Waals surface area (Å²) in [4.78, 5) is 17.0. The quantitative estimate of drug-likeness (QED) is 0.392. The SMILES string of the molecule is COC(=O)c1ccc(NC(=S)N2CCCC3=C[C@@H]4C[C@H](CN5CCCC[C@H]45)[C@@H]32)cc1Cl. The predicted molar refractivity (Wildman–Crippen MR) is 128 cm³/mol. The maximum atomic E-state index is 11.8. The summed E-state index contributed by atoms with van der Waals surface area (Å²) in [5.74, 6) is 0.927. The first kappa shape index (κ1) is 21.2. The lowest BCUT2D eigenvalue weighted by Gasteiger charge is -2.55. The van der Waals surface area contributed by atoms with Gasteiger partial charge in [-0.2, -0.15) is 0 Å². The molecule has 4 atom stereocenters. The maximum Gasteiger partial charge on any atom is 0.339 e. The molecule has 0 radical (unpaired) electrons. The minimum absolute atomic E-state index is 0.362. The molecule has 5 rings (SSSR count). The van der Waals surface area contributed by atoms with Gasteiger partial charge in [0.25, 0.3) is 0 Å². The molecular formula is C24H30ClN3O2S. The fraction of sp³-hybridized carbons (Fsp3) is 0.583. The van der Waals surface area contributed by atoms with Crippen LogP contribution in [0.2, 0.25) is 5.02 Å². The average molecular weight is 460 g/mol. The highest BCUT2D eigenvalue weighted by molar-refractivity contribution is 7.80. The van der Waals surface area contributed by atoms with E-state index in [0.29, 0.717) is 22.5 Å². The van der Waals surface area contributed by atoms with Crippen LogP contribution in [0.3, 0.4) is 0 Å². The maximum absolute atomic E-state index is 11.8. The van der Waals surface area contributed by atoms with E-state index in [1.54, 1.807) is 17.7 Å². The lowest BCUT2D eigenvalue weighted by Crippen LogP contribution is -2.60. The van der Waals surface area contributed by atoms with Gasteiger partial charge in [-0.05, 0) is 80.9 Å². The molecule has 3 heterocycles. The monoisotopic (exact) mass is 459 g/mol. The van der Waals surface area contributed by atoms with Crippen molar-refractivity contribution in [1.29, 1.82) is 0 Å². The van der Waals surface area contributed by atoms with Crippen molar-refractivity contribution in [3.05, 3.63) is 40.4 Å². The van der Waals surface area contributed by atoms with Crippen molar-refractivity contribution >= 4 is 40.6 Å². The number of fused-ring (bicyclic) bond motifs is 6. The van der Waals surface area contributed by atoms with Gasteiger partial charge in [-0.15, -0.1) is 0 Å². The molecule has 0 spiro atoms. The van der Waals surface area contributed by atoms with Crippen LogP contribution in [0.4, 0.5) is 5.69 Å². The average Bonchev–Trinajstić information content (AvgIpc) is 2.78. The lowest BCUT2D eigenvalue weighted by molar-refractivity contribution is 0.0132. The summed E-state index contributed by atoms with van der Waals surface area (Å²) in [6.07, 6.45) is 10.3. The number of methoxy groups -OCH3 is 1. The number of halogens is 1. The van der Waals surface area contributed by atoms with E-state index in [2.05, 4.69) is 21.2 Å². The second-order valence-corrected chi connectivity index (χ2v) is 10.1. The van der Waals surface area contributed by atoms with Crippen LogP contribution < -0.4 is 5.32 Å².